The molecule has 1 atom stereocenters. The van der Waals surface area contributed by atoms with Crippen molar-refractivity contribution in [2.24, 2.45) is 12.8 Å². The van der Waals surface area contributed by atoms with Gasteiger partial charge in [-0.05, 0) is 20.0 Å². The number of likely N-dealkylation sites (N-methyl/N-ethyl adjacent to an activating group) is 1. The summed E-state index contributed by atoms with van der Waals surface area (Å²) in [6.07, 6.45) is 4.16. The summed E-state index contributed by atoms with van der Waals surface area (Å²) in [7, 11) is 3.54. The molecule has 4 aromatic rings. The van der Waals surface area contributed by atoms with Gasteiger partial charge in [-0.1, -0.05) is 11.6 Å². The molecule has 214 valence electrons. The van der Waals surface area contributed by atoms with E-state index in [0.717, 1.165) is 31.8 Å². The maximum Gasteiger partial charge on any atom is 0.263 e. The predicted molar refractivity (Wildman–Crippen MR) is 153 cm³/mol. The molecule has 12 nitrogen and oxygen atoms in total. The Bertz CT molecular complexity index is 1750. The standard InChI is InChI=1S/C27H28ClFN8O4/c1-14-10-34(2)4-5-37(14)22-8-20(18(28)9-31-22)33-23(39)12-36-11-17(24-26(36)32-13-35(3)27(24)41)15-6-16(25(30)40)21(38)7-19(15)29/h6-9,11,13-14,38H,4-5,10,12H2,1-3H3,(H2,30,40)(H,31,33,39)/t14-/m0/s1. The van der Waals surface area contributed by atoms with Crippen LogP contribution in [0.25, 0.3) is 22.2 Å². The number of anilines is 2. The number of amides is 2. The minimum Gasteiger partial charge on any atom is -0.507 e. The first-order chi connectivity index (χ1) is 19.4. The van der Waals surface area contributed by atoms with E-state index in [2.05, 4.69) is 39.1 Å². The maximum atomic E-state index is 15.0. The van der Waals surface area contributed by atoms with Gasteiger partial charge >= 0.3 is 0 Å². The third-order valence-corrected chi connectivity index (χ3v) is 7.43. The molecule has 1 saturated heterocycles. The zero-order valence-electron chi connectivity index (χ0n) is 22.6. The van der Waals surface area contributed by atoms with Crippen molar-refractivity contribution in [1.82, 2.24) is 24.0 Å². The van der Waals surface area contributed by atoms with E-state index in [4.69, 9.17) is 17.3 Å². The van der Waals surface area contributed by atoms with Crippen LogP contribution in [0.4, 0.5) is 15.9 Å². The highest BCUT2D eigenvalue weighted by Crippen LogP contribution is 2.34. The molecule has 0 bridgehead atoms. The molecular weight excluding hydrogens is 555 g/mol. The summed E-state index contributed by atoms with van der Waals surface area (Å²) >= 11 is 6.36. The van der Waals surface area contributed by atoms with Crippen LogP contribution in [-0.2, 0) is 18.4 Å². The first-order valence-electron chi connectivity index (χ1n) is 12.7. The largest absolute Gasteiger partial charge is 0.507 e. The number of carbonyl (C=O) groups excluding carboxylic acids is 2. The molecular formula is C27H28ClFN8O4. The summed E-state index contributed by atoms with van der Waals surface area (Å²) in [6, 6.07) is 3.73. The smallest absolute Gasteiger partial charge is 0.263 e. The number of nitrogens with one attached hydrogen (secondary N) is 1. The van der Waals surface area contributed by atoms with Gasteiger partial charge in [-0.15, -0.1) is 0 Å². The van der Waals surface area contributed by atoms with Gasteiger partial charge in [0.15, 0.2) is 0 Å². The number of pyridine rings is 1. The molecule has 4 heterocycles. The van der Waals surface area contributed by atoms with E-state index in [9.17, 15) is 19.5 Å². The highest BCUT2D eigenvalue weighted by Gasteiger charge is 2.25. The molecule has 0 radical (unpaired) electrons. The second kappa shape index (κ2) is 10.8. The summed E-state index contributed by atoms with van der Waals surface area (Å²) in [4.78, 5) is 51.2. The summed E-state index contributed by atoms with van der Waals surface area (Å²) < 4.78 is 17.6. The lowest BCUT2D eigenvalue weighted by Gasteiger charge is -2.39. The van der Waals surface area contributed by atoms with E-state index < -0.39 is 28.9 Å². The van der Waals surface area contributed by atoms with Crippen LogP contribution in [0.15, 0.2) is 41.7 Å². The molecule has 0 aliphatic carbocycles. The van der Waals surface area contributed by atoms with Crippen molar-refractivity contribution in [3.63, 3.8) is 0 Å². The first-order valence-corrected chi connectivity index (χ1v) is 13.1. The Morgan fingerprint density at radius 1 is 1.20 bits per heavy atom. The molecule has 2 amide bonds. The van der Waals surface area contributed by atoms with Gasteiger partial charge in [0.1, 0.15) is 29.6 Å². The number of benzene rings is 1. The molecule has 41 heavy (non-hydrogen) atoms. The summed E-state index contributed by atoms with van der Waals surface area (Å²) in [5, 5.41) is 13.0. The Morgan fingerprint density at radius 2 is 1.95 bits per heavy atom. The maximum absolute atomic E-state index is 15.0. The van der Waals surface area contributed by atoms with Crippen LogP contribution in [-0.4, -0.2) is 73.6 Å². The number of rotatable bonds is 6. The zero-order valence-corrected chi connectivity index (χ0v) is 23.3. The molecule has 1 aliphatic heterocycles. The molecule has 4 N–H and O–H groups in total. The lowest BCUT2D eigenvalue weighted by molar-refractivity contribution is -0.116. The Labute approximate surface area is 238 Å². The average Bonchev–Trinajstić information content (AvgIpc) is 3.25. The number of hydrogen-bond donors (Lipinski definition) is 3. The van der Waals surface area contributed by atoms with Crippen LogP contribution in [0, 0.1) is 5.82 Å². The molecule has 1 aliphatic rings. The van der Waals surface area contributed by atoms with Crippen molar-refractivity contribution in [1.29, 1.82) is 0 Å². The Morgan fingerprint density at radius 3 is 2.66 bits per heavy atom. The van der Waals surface area contributed by atoms with E-state index in [1.165, 1.54) is 34.9 Å². The average molecular weight is 583 g/mol. The van der Waals surface area contributed by atoms with E-state index >= 15 is 4.39 Å². The van der Waals surface area contributed by atoms with Gasteiger partial charge in [-0.2, -0.15) is 0 Å². The quantitative estimate of drug-likeness (QED) is 0.313. The van der Waals surface area contributed by atoms with Gasteiger partial charge in [0.2, 0.25) is 5.91 Å². The SMILES string of the molecule is C[C@H]1CN(C)CCN1c1cc(NC(=O)Cn2cc(-c3cc(C(N)=O)c(O)cc3F)c3c(=O)n(C)cnc32)c(Cl)cn1. The van der Waals surface area contributed by atoms with E-state index in [0.29, 0.717) is 11.5 Å². The van der Waals surface area contributed by atoms with Crippen molar-refractivity contribution in [3.8, 4) is 16.9 Å². The highest BCUT2D eigenvalue weighted by molar-refractivity contribution is 6.33. The van der Waals surface area contributed by atoms with Gasteiger partial charge in [0.05, 0.1) is 34.2 Å². The number of nitrogens with two attached hydrogens (primary N) is 1. The molecule has 0 unspecified atom stereocenters. The fourth-order valence-electron chi connectivity index (χ4n) is 5.06. The molecule has 0 spiro atoms. The number of halogens is 2. The molecule has 1 fully saturated rings. The van der Waals surface area contributed by atoms with Gasteiger partial charge in [0, 0.05) is 62.2 Å². The number of hydrogen-bond acceptors (Lipinski definition) is 8. The predicted octanol–water partition coefficient (Wildman–Crippen LogP) is 2.17. The fraction of sp³-hybridized carbons (Fsp3) is 0.296. The second-order valence-corrected chi connectivity index (χ2v) is 10.5. The summed E-state index contributed by atoms with van der Waals surface area (Å²) in [5.74, 6) is -2.30. The minimum atomic E-state index is -0.975. The van der Waals surface area contributed by atoms with Crippen LogP contribution in [0.2, 0.25) is 5.02 Å². The third kappa shape index (κ3) is 5.33. The number of carbonyl (C=O) groups is 2. The lowest BCUT2D eigenvalue weighted by atomic mass is 10.0. The minimum absolute atomic E-state index is 0.0242. The number of aromatic hydroxyl groups is 1. The Hall–Kier alpha value is -4.49. The van der Waals surface area contributed by atoms with Gasteiger partial charge < -0.3 is 35.1 Å². The van der Waals surface area contributed by atoms with Crippen molar-refractivity contribution >= 4 is 46.0 Å². The van der Waals surface area contributed by atoms with Gasteiger partial charge in [0.25, 0.3) is 11.5 Å². The number of piperazine rings is 1. The first kappa shape index (κ1) is 28.1. The number of fused-ring (bicyclic) bond motifs is 1. The van der Waals surface area contributed by atoms with Crippen molar-refractivity contribution in [3.05, 3.63) is 63.7 Å². The van der Waals surface area contributed by atoms with Crippen molar-refractivity contribution in [2.75, 3.05) is 36.9 Å². The topological polar surface area (TPSA) is 152 Å². The van der Waals surface area contributed by atoms with Crippen LogP contribution in [0.5, 0.6) is 5.75 Å². The number of phenols is 1. The van der Waals surface area contributed by atoms with Gasteiger partial charge in [-0.25, -0.2) is 14.4 Å². The van der Waals surface area contributed by atoms with Gasteiger partial charge in [-0.3, -0.25) is 14.4 Å². The van der Waals surface area contributed by atoms with E-state index in [-0.39, 0.29) is 45.3 Å². The monoisotopic (exact) mass is 582 g/mol. The van der Waals surface area contributed by atoms with Crippen LogP contribution < -0.4 is 21.5 Å². The molecule has 0 saturated carbocycles. The van der Waals surface area contributed by atoms with Crippen LogP contribution in [0.3, 0.4) is 0 Å². The fourth-order valence-corrected chi connectivity index (χ4v) is 5.21. The number of aromatic nitrogens is 4. The lowest BCUT2D eigenvalue weighted by Crippen LogP contribution is -2.50. The van der Waals surface area contributed by atoms with E-state index in [1.54, 1.807) is 6.07 Å². The summed E-state index contributed by atoms with van der Waals surface area (Å²) in [5.41, 5.74) is 4.92. The van der Waals surface area contributed by atoms with Crippen molar-refractivity contribution in [2.45, 2.75) is 19.5 Å². The molecule has 3 aromatic heterocycles. The zero-order chi connectivity index (χ0) is 29.6. The van der Waals surface area contributed by atoms with Crippen LogP contribution in [0.1, 0.15) is 17.3 Å². The van der Waals surface area contributed by atoms with E-state index in [1.807, 2.05) is 0 Å². The van der Waals surface area contributed by atoms with Crippen molar-refractivity contribution < 1.29 is 19.1 Å². The Kier molecular flexibility index (Phi) is 7.41. The van der Waals surface area contributed by atoms with Crippen LogP contribution >= 0.6 is 11.6 Å². The molecule has 1 aromatic carbocycles. The summed E-state index contributed by atoms with van der Waals surface area (Å²) in [6.45, 7) is 4.31. The number of nitrogens with zero attached hydrogens (tertiary/aromatic N) is 6. The normalized spacial score (nSPS) is 15.8. The number of aryl methyl sites for hydroxylation is 1. The molecule has 5 rings (SSSR count). The second-order valence-electron chi connectivity index (χ2n) is 10.1. The highest BCUT2D eigenvalue weighted by atomic mass is 35.5. The third-order valence-electron chi connectivity index (χ3n) is 7.13. The number of primary amides is 1. The Balaban J connectivity index is 1.49. The molecule has 14 heteroatoms.